The lowest BCUT2D eigenvalue weighted by Crippen LogP contribution is -2.47. The van der Waals surface area contributed by atoms with Crippen molar-refractivity contribution >= 4 is 11.7 Å². The van der Waals surface area contributed by atoms with E-state index in [2.05, 4.69) is 5.32 Å². The number of hydrogen-bond donors (Lipinski definition) is 2. The normalized spacial score (nSPS) is 19.5. The van der Waals surface area contributed by atoms with Gasteiger partial charge in [0.15, 0.2) is 0 Å². The quantitative estimate of drug-likeness (QED) is 0.745. The lowest BCUT2D eigenvalue weighted by atomic mass is 9.85. The first-order valence-electron chi connectivity index (χ1n) is 7.79. The Balaban J connectivity index is 2.05. The maximum atomic E-state index is 13.3. The van der Waals surface area contributed by atoms with Crippen molar-refractivity contribution in [2.75, 3.05) is 5.32 Å². The summed E-state index contributed by atoms with van der Waals surface area (Å²) in [5.41, 5.74) is -4.14. The van der Waals surface area contributed by atoms with Gasteiger partial charge < -0.3 is 10.4 Å². The van der Waals surface area contributed by atoms with Crippen molar-refractivity contribution in [1.29, 1.82) is 0 Å². The Labute approximate surface area is 149 Å². The number of carbonyl (C=O) groups is 1. The van der Waals surface area contributed by atoms with Crippen molar-refractivity contribution in [3.8, 4) is 0 Å². The van der Waals surface area contributed by atoms with Crippen LogP contribution in [0.2, 0.25) is 0 Å². The number of anilines is 1. The molecule has 0 aromatic heterocycles. The molecule has 0 saturated heterocycles. The predicted octanol–water partition coefficient (Wildman–Crippen LogP) is 4.76. The van der Waals surface area contributed by atoms with E-state index in [1.165, 1.54) is 0 Å². The summed E-state index contributed by atoms with van der Waals surface area (Å²) in [6, 6.07) is 7.79. The monoisotopic (exact) mass is 389 g/mol. The Kier molecular flexibility index (Phi) is 4.36. The average Bonchev–Trinajstić information content (AvgIpc) is 2.92. The molecule has 0 fully saturated rings. The molecular weight excluding hydrogens is 376 g/mol. The number of alkyl halides is 6. The molecule has 0 spiro atoms. The molecule has 0 saturated carbocycles. The number of carboxylic acid groups (broad SMARTS) is 1. The number of carboxylic acids is 1. The van der Waals surface area contributed by atoms with Crippen molar-refractivity contribution in [1.82, 2.24) is 0 Å². The predicted molar refractivity (Wildman–Crippen MR) is 84.3 cm³/mol. The maximum Gasteiger partial charge on any atom is 0.416 e. The zero-order valence-electron chi connectivity index (χ0n) is 13.6. The number of fused-ring (bicyclic) bond motifs is 1. The van der Waals surface area contributed by atoms with Gasteiger partial charge in [-0.05, 0) is 29.3 Å². The number of benzene rings is 2. The topological polar surface area (TPSA) is 49.3 Å². The van der Waals surface area contributed by atoms with Gasteiger partial charge in [-0.1, -0.05) is 24.3 Å². The SMILES string of the molecule is O=C(O)C1(Cc2ccc(C(F)(F)F)cc2C(F)(F)F)Cc2ccccc2N1. The molecule has 2 aromatic carbocycles. The lowest BCUT2D eigenvalue weighted by Gasteiger charge is -2.27. The highest BCUT2D eigenvalue weighted by Gasteiger charge is 2.46. The summed E-state index contributed by atoms with van der Waals surface area (Å²) >= 11 is 0. The number of rotatable bonds is 3. The molecule has 1 heterocycles. The fourth-order valence-electron chi connectivity index (χ4n) is 3.23. The van der Waals surface area contributed by atoms with E-state index in [1.54, 1.807) is 24.3 Å². The van der Waals surface area contributed by atoms with Crippen LogP contribution < -0.4 is 5.32 Å². The van der Waals surface area contributed by atoms with Crippen LogP contribution in [0.1, 0.15) is 22.3 Å². The van der Waals surface area contributed by atoms with E-state index < -0.39 is 47.0 Å². The number of nitrogens with one attached hydrogen (secondary N) is 1. The first kappa shape index (κ1) is 19.1. The van der Waals surface area contributed by atoms with Crippen LogP contribution in [0.3, 0.4) is 0 Å². The zero-order chi connectivity index (χ0) is 20.0. The molecule has 1 atom stereocenters. The van der Waals surface area contributed by atoms with Gasteiger partial charge >= 0.3 is 18.3 Å². The fraction of sp³-hybridized carbons (Fsp3) is 0.278. The van der Waals surface area contributed by atoms with Crippen molar-refractivity contribution in [2.24, 2.45) is 0 Å². The number of para-hydroxylation sites is 1. The number of halogens is 6. The van der Waals surface area contributed by atoms with Crippen molar-refractivity contribution in [3.05, 3.63) is 64.7 Å². The van der Waals surface area contributed by atoms with Gasteiger partial charge in [-0.2, -0.15) is 26.3 Å². The smallest absolute Gasteiger partial charge is 0.416 e. The van der Waals surface area contributed by atoms with Gasteiger partial charge in [0.25, 0.3) is 0 Å². The molecule has 0 amide bonds. The average molecular weight is 389 g/mol. The van der Waals surface area contributed by atoms with E-state index in [1.807, 2.05) is 0 Å². The van der Waals surface area contributed by atoms with Crippen LogP contribution in [0.25, 0.3) is 0 Å². The third-order valence-corrected chi connectivity index (χ3v) is 4.53. The van der Waals surface area contributed by atoms with Crippen LogP contribution in [-0.2, 0) is 30.0 Å². The van der Waals surface area contributed by atoms with Gasteiger partial charge in [0.1, 0.15) is 5.54 Å². The zero-order valence-corrected chi connectivity index (χ0v) is 13.6. The van der Waals surface area contributed by atoms with Gasteiger partial charge in [0, 0.05) is 18.5 Å². The first-order chi connectivity index (χ1) is 12.4. The van der Waals surface area contributed by atoms with E-state index in [0.29, 0.717) is 23.4 Å². The van der Waals surface area contributed by atoms with Crippen LogP contribution in [0.5, 0.6) is 0 Å². The molecule has 1 aliphatic rings. The maximum absolute atomic E-state index is 13.3. The summed E-state index contributed by atoms with van der Waals surface area (Å²) in [5.74, 6) is -1.38. The minimum absolute atomic E-state index is 0.0208. The third kappa shape index (κ3) is 3.58. The second kappa shape index (κ2) is 6.17. The third-order valence-electron chi connectivity index (χ3n) is 4.53. The van der Waals surface area contributed by atoms with E-state index in [4.69, 9.17) is 0 Å². The van der Waals surface area contributed by atoms with Crippen LogP contribution >= 0.6 is 0 Å². The van der Waals surface area contributed by atoms with E-state index in [-0.39, 0.29) is 12.5 Å². The molecule has 144 valence electrons. The van der Waals surface area contributed by atoms with Crippen LogP contribution in [0, 0.1) is 0 Å². The second-order valence-corrected chi connectivity index (χ2v) is 6.39. The van der Waals surface area contributed by atoms with Gasteiger partial charge in [-0.25, -0.2) is 4.79 Å². The Morgan fingerprint density at radius 1 is 1.04 bits per heavy atom. The highest BCUT2D eigenvalue weighted by Crippen LogP contribution is 2.41. The standard InChI is InChI=1S/C18H13F6NO2/c19-17(20,21)12-6-5-10(13(7-12)18(22,23)24)8-16(15(26)27)9-11-3-1-2-4-14(11)25-16/h1-7,25H,8-9H2,(H,26,27). The molecule has 1 unspecified atom stereocenters. The van der Waals surface area contributed by atoms with Gasteiger partial charge in [-0.3, -0.25) is 0 Å². The van der Waals surface area contributed by atoms with Crippen molar-refractivity contribution in [2.45, 2.75) is 30.7 Å². The molecule has 2 aromatic rings. The van der Waals surface area contributed by atoms with E-state index >= 15 is 0 Å². The highest BCUT2D eigenvalue weighted by molar-refractivity contribution is 5.87. The Morgan fingerprint density at radius 2 is 1.70 bits per heavy atom. The largest absolute Gasteiger partial charge is 0.479 e. The number of aliphatic carboxylic acids is 1. The molecule has 27 heavy (non-hydrogen) atoms. The summed E-state index contributed by atoms with van der Waals surface area (Å²) in [4.78, 5) is 11.9. The van der Waals surface area contributed by atoms with Gasteiger partial charge in [0.05, 0.1) is 11.1 Å². The van der Waals surface area contributed by atoms with Crippen LogP contribution in [0.4, 0.5) is 32.0 Å². The summed E-state index contributed by atoms with van der Waals surface area (Å²) in [6.07, 6.45) is -10.7. The van der Waals surface area contributed by atoms with Crippen LogP contribution in [-0.4, -0.2) is 16.6 Å². The Bertz CT molecular complexity index is 863. The lowest BCUT2D eigenvalue weighted by molar-refractivity contribution is -0.145. The second-order valence-electron chi connectivity index (χ2n) is 6.39. The fourth-order valence-corrected chi connectivity index (χ4v) is 3.23. The minimum atomic E-state index is -5.05. The highest BCUT2D eigenvalue weighted by atomic mass is 19.4. The van der Waals surface area contributed by atoms with Crippen molar-refractivity contribution < 1.29 is 36.2 Å². The van der Waals surface area contributed by atoms with Gasteiger partial charge in [-0.15, -0.1) is 0 Å². The molecule has 2 N–H and O–H groups in total. The first-order valence-corrected chi connectivity index (χ1v) is 7.79. The summed E-state index contributed by atoms with van der Waals surface area (Å²) < 4.78 is 78.4. The molecule has 0 radical (unpaired) electrons. The van der Waals surface area contributed by atoms with E-state index in [0.717, 1.165) is 0 Å². The molecule has 3 rings (SSSR count). The Morgan fingerprint density at radius 3 is 2.26 bits per heavy atom. The molecular formula is C18H13F6NO2. The van der Waals surface area contributed by atoms with Gasteiger partial charge in [0.2, 0.25) is 0 Å². The molecule has 3 nitrogen and oxygen atoms in total. The van der Waals surface area contributed by atoms with Crippen molar-refractivity contribution in [3.63, 3.8) is 0 Å². The molecule has 0 bridgehead atoms. The summed E-state index contributed by atoms with van der Waals surface area (Å²) in [5, 5.41) is 12.4. The summed E-state index contributed by atoms with van der Waals surface area (Å²) in [7, 11) is 0. The molecule has 9 heteroatoms. The number of hydrogen-bond acceptors (Lipinski definition) is 2. The minimum Gasteiger partial charge on any atom is -0.479 e. The molecule has 0 aliphatic carbocycles. The summed E-state index contributed by atoms with van der Waals surface area (Å²) in [6.45, 7) is 0. The Hall–Kier alpha value is -2.71. The van der Waals surface area contributed by atoms with Crippen LogP contribution in [0.15, 0.2) is 42.5 Å². The van der Waals surface area contributed by atoms with E-state index in [9.17, 15) is 36.2 Å². The molecule has 1 aliphatic heterocycles.